The van der Waals surface area contributed by atoms with E-state index in [-0.39, 0.29) is 30.1 Å². The van der Waals surface area contributed by atoms with E-state index < -0.39 is 11.6 Å². The van der Waals surface area contributed by atoms with Gasteiger partial charge in [-0.3, -0.25) is 9.69 Å². The van der Waals surface area contributed by atoms with Crippen LogP contribution in [0.3, 0.4) is 0 Å². The minimum atomic E-state index is -0.491. The lowest BCUT2D eigenvalue weighted by atomic mass is 10.0. The molecule has 0 saturated carbocycles. The van der Waals surface area contributed by atoms with Crippen LogP contribution in [-0.4, -0.2) is 55.0 Å². The number of carbonyl (C=O) groups excluding carboxylic acids is 1. The first-order chi connectivity index (χ1) is 11.4. The minimum Gasteiger partial charge on any atom is -0.349 e. The second-order valence-electron chi connectivity index (χ2n) is 6.83. The Morgan fingerprint density at radius 2 is 2.04 bits per heavy atom. The number of nitrogens with zero attached hydrogens (tertiary/aromatic N) is 2. The van der Waals surface area contributed by atoms with Crippen molar-refractivity contribution in [3.8, 4) is 0 Å². The lowest BCUT2D eigenvalue weighted by molar-refractivity contribution is -0.129. The summed E-state index contributed by atoms with van der Waals surface area (Å²) in [6.45, 7) is 3.84. The number of piperidine rings is 1. The highest BCUT2D eigenvalue weighted by molar-refractivity contribution is 5.76. The maximum atomic E-state index is 13.8. The van der Waals surface area contributed by atoms with E-state index >= 15 is 0 Å². The van der Waals surface area contributed by atoms with Crippen LogP contribution in [0.2, 0.25) is 0 Å². The van der Waals surface area contributed by atoms with E-state index in [4.69, 9.17) is 0 Å². The second kappa shape index (κ2) is 8.53. The maximum absolute atomic E-state index is 13.8. The molecule has 134 valence electrons. The first kappa shape index (κ1) is 18.8. The van der Waals surface area contributed by atoms with E-state index in [1.165, 1.54) is 18.2 Å². The molecule has 1 aromatic rings. The Morgan fingerprint density at radius 1 is 1.38 bits per heavy atom. The Balaban J connectivity index is 1.89. The topological polar surface area (TPSA) is 35.6 Å². The van der Waals surface area contributed by atoms with E-state index in [2.05, 4.69) is 10.2 Å². The molecule has 6 heteroatoms. The summed E-state index contributed by atoms with van der Waals surface area (Å²) < 4.78 is 27.6. The number of carbonyl (C=O) groups is 1. The van der Waals surface area contributed by atoms with E-state index in [9.17, 15) is 13.6 Å². The third-order valence-electron chi connectivity index (χ3n) is 4.45. The molecule has 4 nitrogen and oxygen atoms in total. The molecule has 24 heavy (non-hydrogen) atoms. The summed E-state index contributed by atoms with van der Waals surface area (Å²) in [5.41, 5.74) is 0.133. The predicted octanol–water partition coefficient (Wildman–Crippen LogP) is 2.39. The van der Waals surface area contributed by atoms with Crippen LogP contribution < -0.4 is 5.32 Å². The highest BCUT2D eigenvalue weighted by Gasteiger charge is 2.23. The van der Waals surface area contributed by atoms with Crippen LogP contribution >= 0.6 is 0 Å². The van der Waals surface area contributed by atoms with Crippen molar-refractivity contribution < 1.29 is 13.6 Å². The molecule has 0 aliphatic carbocycles. The van der Waals surface area contributed by atoms with Crippen LogP contribution in [0.5, 0.6) is 0 Å². The standard InChI is InChI=1S/C18H27F2N3O/c1-13(10-18(24)22(2)3)21-14-6-5-9-23(11-14)12-15-16(19)7-4-8-17(15)20/h4,7-8,13-14,21H,5-6,9-12H2,1-3H3. The number of hydrogen-bond acceptors (Lipinski definition) is 3. The van der Waals surface area contributed by atoms with Crippen molar-refractivity contribution in [1.82, 2.24) is 15.1 Å². The number of nitrogens with one attached hydrogen (secondary N) is 1. The van der Waals surface area contributed by atoms with Crippen LogP contribution in [0.15, 0.2) is 18.2 Å². The molecule has 0 bridgehead atoms. The van der Waals surface area contributed by atoms with Gasteiger partial charge in [-0.05, 0) is 38.4 Å². The number of hydrogen-bond donors (Lipinski definition) is 1. The van der Waals surface area contributed by atoms with Crippen molar-refractivity contribution in [2.24, 2.45) is 0 Å². The predicted molar refractivity (Wildman–Crippen MR) is 90.6 cm³/mol. The van der Waals surface area contributed by atoms with Crippen LogP contribution in [0, 0.1) is 11.6 Å². The van der Waals surface area contributed by atoms with Gasteiger partial charge in [0.15, 0.2) is 0 Å². The summed E-state index contributed by atoms with van der Waals surface area (Å²) in [5, 5.41) is 3.47. The molecule has 0 spiro atoms. The molecule has 1 N–H and O–H groups in total. The van der Waals surface area contributed by atoms with Gasteiger partial charge >= 0.3 is 0 Å². The zero-order chi connectivity index (χ0) is 17.7. The van der Waals surface area contributed by atoms with Crippen LogP contribution in [0.25, 0.3) is 0 Å². The summed E-state index contributed by atoms with van der Waals surface area (Å²) in [7, 11) is 3.50. The molecule has 1 aliphatic heterocycles. The van der Waals surface area contributed by atoms with Gasteiger partial charge in [-0.15, -0.1) is 0 Å². The second-order valence-corrected chi connectivity index (χ2v) is 6.83. The van der Waals surface area contributed by atoms with Crippen molar-refractivity contribution in [2.75, 3.05) is 27.2 Å². The van der Waals surface area contributed by atoms with Gasteiger partial charge in [0.1, 0.15) is 11.6 Å². The van der Waals surface area contributed by atoms with E-state index in [1.807, 2.05) is 6.92 Å². The molecule has 1 saturated heterocycles. The molecular formula is C18H27F2N3O. The average molecular weight is 339 g/mol. The van der Waals surface area contributed by atoms with Gasteiger partial charge in [-0.2, -0.15) is 0 Å². The summed E-state index contributed by atoms with van der Waals surface area (Å²) in [4.78, 5) is 15.4. The Hall–Kier alpha value is -1.53. The minimum absolute atomic E-state index is 0.0787. The van der Waals surface area contributed by atoms with Crippen molar-refractivity contribution in [1.29, 1.82) is 0 Å². The summed E-state index contributed by atoms with van der Waals surface area (Å²) in [6, 6.07) is 4.30. The number of amides is 1. The van der Waals surface area contributed by atoms with Crippen LogP contribution in [0.1, 0.15) is 31.7 Å². The molecule has 0 radical (unpaired) electrons. The highest BCUT2D eigenvalue weighted by Crippen LogP contribution is 2.18. The number of benzene rings is 1. The average Bonchev–Trinajstić information content (AvgIpc) is 2.51. The molecule has 1 heterocycles. The van der Waals surface area contributed by atoms with E-state index in [0.29, 0.717) is 6.42 Å². The summed E-state index contributed by atoms with van der Waals surface area (Å²) >= 11 is 0. The normalized spacial score (nSPS) is 20.0. The Labute approximate surface area is 142 Å². The fraction of sp³-hybridized carbons (Fsp3) is 0.611. The van der Waals surface area contributed by atoms with Crippen molar-refractivity contribution in [2.45, 2.75) is 44.8 Å². The maximum Gasteiger partial charge on any atom is 0.223 e. The number of likely N-dealkylation sites (tertiary alicyclic amines) is 1. The third kappa shape index (κ3) is 5.24. The smallest absolute Gasteiger partial charge is 0.223 e. The van der Waals surface area contributed by atoms with Crippen molar-refractivity contribution >= 4 is 5.91 Å². The highest BCUT2D eigenvalue weighted by atomic mass is 19.1. The van der Waals surface area contributed by atoms with Crippen molar-refractivity contribution in [3.63, 3.8) is 0 Å². The number of halogens is 2. The van der Waals surface area contributed by atoms with Gasteiger partial charge in [0.2, 0.25) is 5.91 Å². The SMILES string of the molecule is CC(CC(=O)N(C)C)NC1CCCN(Cc2c(F)cccc2F)C1. The van der Waals surface area contributed by atoms with Gasteiger partial charge < -0.3 is 10.2 Å². The Bertz CT molecular complexity index is 545. The molecule has 2 atom stereocenters. The zero-order valence-electron chi connectivity index (χ0n) is 14.7. The van der Waals surface area contributed by atoms with Gasteiger partial charge in [0, 0.05) is 51.3 Å². The van der Waals surface area contributed by atoms with Crippen LogP contribution in [-0.2, 0) is 11.3 Å². The molecule has 1 amide bonds. The summed E-state index contributed by atoms with van der Waals surface area (Å²) in [6.07, 6.45) is 2.43. The van der Waals surface area contributed by atoms with Gasteiger partial charge in [-0.25, -0.2) is 8.78 Å². The Kier molecular flexibility index (Phi) is 6.69. The van der Waals surface area contributed by atoms with E-state index in [0.717, 1.165) is 25.9 Å². The molecule has 1 aromatic carbocycles. The molecule has 1 aliphatic rings. The molecule has 2 rings (SSSR count). The first-order valence-electron chi connectivity index (χ1n) is 8.48. The van der Waals surface area contributed by atoms with Crippen molar-refractivity contribution in [3.05, 3.63) is 35.4 Å². The molecule has 1 fully saturated rings. The zero-order valence-corrected chi connectivity index (χ0v) is 14.7. The molecule has 2 unspecified atom stereocenters. The fourth-order valence-electron chi connectivity index (χ4n) is 3.15. The largest absolute Gasteiger partial charge is 0.349 e. The van der Waals surface area contributed by atoms with Gasteiger partial charge in [-0.1, -0.05) is 6.07 Å². The third-order valence-corrected chi connectivity index (χ3v) is 4.45. The van der Waals surface area contributed by atoms with Gasteiger partial charge in [0.25, 0.3) is 0 Å². The number of rotatable bonds is 6. The lowest BCUT2D eigenvalue weighted by Crippen LogP contribution is -2.49. The van der Waals surface area contributed by atoms with Crippen LogP contribution in [0.4, 0.5) is 8.78 Å². The van der Waals surface area contributed by atoms with Gasteiger partial charge in [0.05, 0.1) is 0 Å². The first-order valence-corrected chi connectivity index (χ1v) is 8.48. The molecule has 0 aromatic heterocycles. The summed E-state index contributed by atoms with van der Waals surface area (Å²) in [5.74, 6) is -0.888. The molecular weight excluding hydrogens is 312 g/mol. The Morgan fingerprint density at radius 3 is 2.67 bits per heavy atom. The quantitative estimate of drug-likeness (QED) is 0.864. The monoisotopic (exact) mass is 339 g/mol. The lowest BCUT2D eigenvalue weighted by Gasteiger charge is -2.35. The fourth-order valence-corrected chi connectivity index (χ4v) is 3.15. The van der Waals surface area contributed by atoms with E-state index in [1.54, 1.807) is 19.0 Å².